The van der Waals surface area contributed by atoms with Crippen molar-refractivity contribution >= 4 is 17.6 Å². The molecule has 0 aliphatic heterocycles. The van der Waals surface area contributed by atoms with E-state index in [2.05, 4.69) is 0 Å². The second-order valence-electron chi connectivity index (χ2n) is 4.48. The standard InChI is InChI=1S/C14H18FNO3/c1-4-16(12-7-5-6-11(15)8-12)13(17)9(2)10(3)14(18)19/h5-10H,4H2,1-3H3,(H,18,19). The lowest BCUT2D eigenvalue weighted by molar-refractivity contribution is -0.145. The highest BCUT2D eigenvalue weighted by Gasteiger charge is 2.29. The molecule has 2 unspecified atom stereocenters. The topological polar surface area (TPSA) is 57.6 Å². The van der Waals surface area contributed by atoms with E-state index in [-0.39, 0.29) is 5.91 Å². The van der Waals surface area contributed by atoms with Crippen molar-refractivity contribution in [1.82, 2.24) is 0 Å². The zero-order valence-corrected chi connectivity index (χ0v) is 11.3. The number of carbonyl (C=O) groups is 2. The van der Waals surface area contributed by atoms with Crippen molar-refractivity contribution in [3.63, 3.8) is 0 Å². The number of hydrogen-bond donors (Lipinski definition) is 1. The van der Waals surface area contributed by atoms with Crippen molar-refractivity contribution in [2.24, 2.45) is 11.8 Å². The summed E-state index contributed by atoms with van der Waals surface area (Å²) in [6.45, 7) is 5.19. The summed E-state index contributed by atoms with van der Waals surface area (Å²) < 4.78 is 13.2. The number of amides is 1. The highest BCUT2D eigenvalue weighted by atomic mass is 19.1. The maximum absolute atomic E-state index is 13.2. The van der Waals surface area contributed by atoms with E-state index in [1.54, 1.807) is 19.9 Å². The molecule has 1 N–H and O–H groups in total. The minimum Gasteiger partial charge on any atom is -0.481 e. The van der Waals surface area contributed by atoms with E-state index in [0.29, 0.717) is 12.2 Å². The smallest absolute Gasteiger partial charge is 0.307 e. The van der Waals surface area contributed by atoms with Gasteiger partial charge in [-0.3, -0.25) is 9.59 Å². The van der Waals surface area contributed by atoms with Crippen LogP contribution in [0.5, 0.6) is 0 Å². The summed E-state index contributed by atoms with van der Waals surface area (Å²) in [5.74, 6) is -3.21. The Morgan fingerprint density at radius 3 is 2.42 bits per heavy atom. The third-order valence-electron chi connectivity index (χ3n) is 3.23. The molecule has 1 amide bonds. The Balaban J connectivity index is 2.97. The molecule has 0 fully saturated rings. The van der Waals surface area contributed by atoms with E-state index in [0.717, 1.165) is 0 Å². The lowest BCUT2D eigenvalue weighted by Gasteiger charge is -2.26. The van der Waals surface area contributed by atoms with Crippen molar-refractivity contribution in [3.8, 4) is 0 Å². The number of hydrogen-bond acceptors (Lipinski definition) is 2. The summed E-state index contributed by atoms with van der Waals surface area (Å²) >= 11 is 0. The molecule has 0 bridgehead atoms. The lowest BCUT2D eigenvalue weighted by atomic mass is 9.94. The van der Waals surface area contributed by atoms with Gasteiger partial charge >= 0.3 is 5.97 Å². The maximum Gasteiger partial charge on any atom is 0.307 e. The van der Waals surface area contributed by atoms with Crippen LogP contribution in [0.3, 0.4) is 0 Å². The number of anilines is 1. The quantitative estimate of drug-likeness (QED) is 0.891. The first-order valence-corrected chi connectivity index (χ1v) is 6.18. The van der Waals surface area contributed by atoms with Gasteiger partial charge in [0, 0.05) is 18.2 Å². The molecule has 1 aromatic rings. The van der Waals surface area contributed by atoms with Gasteiger partial charge in [0.2, 0.25) is 5.91 Å². The van der Waals surface area contributed by atoms with Crippen molar-refractivity contribution in [2.75, 3.05) is 11.4 Å². The van der Waals surface area contributed by atoms with E-state index >= 15 is 0 Å². The normalized spacial score (nSPS) is 13.7. The summed E-state index contributed by atoms with van der Waals surface area (Å²) in [4.78, 5) is 24.6. The highest BCUT2D eigenvalue weighted by Crippen LogP contribution is 2.21. The maximum atomic E-state index is 13.2. The summed E-state index contributed by atoms with van der Waals surface area (Å²) in [6.07, 6.45) is 0. The molecule has 0 spiro atoms. The van der Waals surface area contributed by atoms with Crippen molar-refractivity contribution in [2.45, 2.75) is 20.8 Å². The van der Waals surface area contributed by atoms with Crippen LogP contribution in [0, 0.1) is 17.7 Å². The molecule has 0 heterocycles. The SMILES string of the molecule is CCN(C(=O)C(C)C(C)C(=O)O)c1cccc(F)c1. The molecule has 19 heavy (non-hydrogen) atoms. The van der Waals surface area contributed by atoms with Crippen LogP contribution >= 0.6 is 0 Å². The largest absolute Gasteiger partial charge is 0.481 e. The van der Waals surface area contributed by atoms with Crippen molar-refractivity contribution in [1.29, 1.82) is 0 Å². The first-order chi connectivity index (χ1) is 8.88. The van der Waals surface area contributed by atoms with E-state index in [1.807, 2.05) is 0 Å². The molecule has 1 rings (SSSR count). The highest BCUT2D eigenvalue weighted by molar-refractivity contribution is 5.96. The number of aliphatic carboxylic acids is 1. The third kappa shape index (κ3) is 3.53. The van der Waals surface area contributed by atoms with Crippen LogP contribution in [0.4, 0.5) is 10.1 Å². The van der Waals surface area contributed by atoms with Crippen LogP contribution < -0.4 is 4.90 Å². The number of nitrogens with zero attached hydrogens (tertiary/aromatic N) is 1. The van der Waals surface area contributed by atoms with E-state index in [4.69, 9.17) is 5.11 Å². The van der Waals surface area contributed by atoms with Gasteiger partial charge in [-0.1, -0.05) is 19.9 Å². The van der Waals surface area contributed by atoms with Crippen LogP contribution in [0.1, 0.15) is 20.8 Å². The minimum absolute atomic E-state index is 0.317. The van der Waals surface area contributed by atoms with Crippen LogP contribution in [-0.2, 0) is 9.59 Å². The molecule has 1 aromatic carbocycles. The lowest BCUT2D eigenvalue weighted by Crippen LogP contribution is -2.39. The molecular weight excluding hydrogens is 249 g/mol. The fraction of sp³-hybridized carbons (Fsp3) is 0.429. The molecule has 0 aromatic heterocycles. The first-order valence-electron chi connectivity index (χ1n) is 6.18. The van der Waals surface area contributed by atoms with Gasteiger partial charge in [-0.2, -0.15) is 0 Å². The Morgan fingerprint density at radius 2 is 1.95 bits per heavy atom. The van der Waals surface area contributed by atoms with Crippen molar-refractivity contribution in [3.05, 3.63) is 30.1 Å². The van der Waals surface area contributed by atoms with E-state index in [1.165, 1.54) is 30.0 Å². The Labute approximate surface area is 111 Å². The molecule has 2 atom stereocenters. The third-order valence-corrected chi connectivity index (χ3v) is 3.23. The number of halogens is 1. The number of rotatable bonds is 5. The Hall–Kier alpha value is -1.91. The molecule has 5 heteroatoms. The zero-order valence-electron chi connectivity index (χ0n) is 11.3. The Bertz CT molecular complexity index is 476. The molecule has 4 nitrogen and oxygen atoms in total. The molecule has 104 valence electrons. The van der Waals surface area contributed by atoms with Gasteiger partial charge < -0.3 is 10.0 Å². The Morgan fingerprint density at radius 1 is 1.32 bits per heavy atom. The van der Waals surface area contributed by atoms with Crippen LogP contribution in [-0.4, -0.2) is 23.5 Å². The fourth-order valence-electron chi connectivity index (χ4n) is 1.78. The van der Waals surface area contributed by atoms with Gasteiger partial charge in [0.25, 0.3) is 0 Å². The minimum atomic E-state index is -1.02. The predicted octanol–water partition coefficient (Wildman–Crippen LogP) is 2.54. The molecule has 0 radical (unpaired) electrons. The van der Waals surface area contributed by atoms with Gasteiger partial charge in [0.1, 0.15) is 5.82 Å². The number of benzene rings is 1. The average molecular weight is 267 g/mol. The zero-order chi connectivity index (χ0) is 14.6. The second kappa shape index (κ2) is 6.31. The second-order valence-corrected chi connectivity index (χ2v) is 4.48. The number of carbonyl (C=O) groups excluding carboxylic acids is 1. The van der Waals surface area contributed by atoms with Crippen molar-refractivity contribution < 1.29 is 19.1 Å². The average Bonchev–Trinajstić information content (AvgIpc) is 2.37. The van der Waals surface area contributed by atoms with E-state index in [9.17, 15) is 14.0 Å². The summed E-state index contributed by atoms with van der Waals surface area (Å²) in [6, 6.07) is 5.71. The fourth-order valence-corrected chi connectivity index (χ4v) is 1.78. The van der Waals surface area contributed by atoms with Gasteiger partial charge in [0.15, 0.2) is 0 Å². The monoisotopic (exact) mass is 267 g/mol. The van der Waals surface area contributed by atoms with Crippen LogP contribution in [0.15, 0.2) is 24.3 Å². The molecule has 0 saturated heterocycles. The van der Waals surface area contributed by atoms with Gasteiger partial charge in [-0.25, -0.2) is 4.39 Å². The summed E-state index contributed by atoms with van der Waals surface area (Å²) in [7, 11) is 0. The van der Waals surface area contributed by atoms with Gasteiger partial charge in [-0.05, 0) is 25.1 Å². The molecule has 0 aliphatic rings. The summed E-state index contributed by atoms with van der Waals surface area (Å²) in [5, 5.41) is 8.94. The van der Waals surface area contributed by atoms with E-state index < -0.39 is 23.6 Å². The number of carboxylic acid groups (broad SMARTS) is 1. The van der Waals surface area contributed by atoms with Crippen LogP contribution in [0.25, 0.3) is 0 Å². The van der Waals surface area contributed by atoms with Gasteiger partial charge in [-0.15, -0.1) is 0 Å². The predicted molar refractivity (Wildman–Crippen MR) is 70.4 cm³/mol. The molecular formula is C14H18FNO3. The van der Waals surface area contributed by atoms with Crippen LogP contribution in [0.2, 0.25) is 0 Å². The summed E-state index contributed by atoms with van der Waals surface area (Å²) in [5.41, 5.74) is 0.442. The first kappa shape index (κ1) is 15.1. The Kier molecular flexibility index (Phi) is 5.03. The number of carboxylic acids is 1. The molecule has 0 aliphatic carbocycles. The van der Waals surface area contributed by atoms with Gasteiger partial charge in [0.05, 0.1) is 5.92 Å². The molecule has 0 saturated carbocycles.